The Morgan fingerprint density at radius 2 is 2.12 bits per heavy atom. The van der Waals surface area contributed by atoms with Crippen molar-refractivity contribution in [3.05, 3.63) is 53.6 Å². The standard InChI is InChI=1S/C22H26N4/c1-4-22-24-16(3)14-26(22)13-15(2)18-5-6-20-19(11-18)12-21(25-20)17-7-9-23-10-8-17/h4-6,11,13-14,17,23H,1,7-10,12H2,2-3H3/b15-13+. The topological polar surface area (TPSA) is 42.2 Å². The van der Waals surface area contributed by atoms with Crippen molar-refractivity contribution < 1.29 is 0 Å². The molecule has 1 N–H and O–H groups in total. The van der Waals surface area contributed by atoms with Crippen molar-refractivity contribution in [2.45, 2.75) is 33.1 Å². The number of nitrogens with zero attached hydrogens (tertiary/aromatic N) is 3. The minimum Gasteiger partial charge on any atom is -0.317 e. The summed E-state index contributed by atoms with van der Waals surface area (Å²) >= 11 is 0. The summed E-state index contributed by atoms with van der Waals surface area (Å²) in [7, 11) is 0. The molecule has 0 atom stereocenters. The summed E-state index contributed by atoms with van der Waals surface area (Å²) in [6.45, 7) is 10.2. The van der Waals surface area contributed by atoms with Crippen molar-refractivity contribution in [3.8, 4) is 0 Å². The average molecular weight is 346 g/mol. The van der Waals surface area contributed by atoms with E-state index in [-0.39, 0.29) is 0 Å². The monoisotopic (exact) mass is 346 g/mol. The second kappa shape index (κ2) is 7.04. The SMILES string of the molecule is C=Cc1nc(C)cn1/C=C(\C)c1ccc2c(c1)CC(C1CCNCC1)=N2. The van der Waals surface area contributed by atoms with Gasteiger partial charge in [0.05, 0.1) is 11.4 Å². The van der Waals surface area contributed by atoms with Crippen molar-refractivity contribution in [2.75, 3.05) is 13.1 Å². The molecule has 0 aliphatic carbocycles. The van der Waals surface area contributed by atoms with E-state index in [1.165, 1.54) is 35.3 Å². The first kappa shape index (κ1) is 17.0. The number of imidazole rings is 1. The van der Waals surface area contributed by atoms with Crippen LogP contribution in [-0.4, -0.2) is 28.4 Å². The number of fused-ring (bicyclic) bond motifs is 1. The van der Waals surface area contributed by atoms with Crippen LogP contribution in [-0.2, 0) is 6.42 Å². The van der Waals surface area contributed by atoms with Gasteiger partial charge in [0.15, 0.2) is 0 Å². The van der Waals surface area contributed by atoms with Crippen LogP contribution in [0.5, 0.6) is 0 Å². The Balaban J connectivity index is 1.56. The molecule has 1 aromatic carbocycles. The number of nitrogens with one attached hydrogen (secondary N) is 1. The number of hydrogen-bond donors (Lipinski definition) is 1. The summed E-state index contributed by atoms with van der Waals surface area (Å²) in [6, 6.07) is 6.65. The zero-order valence-corrected chi connectivity index (χ0v) is 15.6. The lowest BCUT2D eigenvalue weighted by Crippen LogP contribution is -2.31. The lowest BCUT2D eigenvalue weighted by atomic mass is 9.90. The first-order chi connectivity index (χ1) is 12.6. The third kappa shape index (κ3) is 3.29. The van der Waals surface area contributed by atoms with Crippen LogP contribution in [0.2, 0.25) is 0 Å². The third-order valence-electron chi connectivity index (χ3n) is 5.38. The van der Waals surface area contributed by atoms with Gasteiger partial charge in [-0.2, -0.15) is 0 Å². The second-order valence-electron chi connectivity index (χ2n) is 7.31. The maximum Gasteiger partial charge on any atom is 0.136 e. The van der Waals surface area contributed by atoms with Gasteiger partial charge in [0, 0.05) is 30.4 Å². The summed E-state index contributed by atoms with van der Waals surface area (Å²) in [5, 5.41) is 3.44. The van der Waals surface area contributed by atoms with E-state index in [2.05, 4.69) is 48.2 Å². The molecule has 0 saturated carbocycles. The molecule has 0 radical (unpaired) electrons. The first-order valence-corrected chi connectivity index (χ1v) is 9.42. The Bertz CT molecular complexity index is 895. The third-order valence-corrected chi connectivity index (χ3v) is 5.38. The largest absolute Gasteiger partial charge is 0.317 e. The molecule has 4 nitrogen and oxygen atoms in total. The van der Waals surface area contributed by atoms with Crippen LogP contribution in [0.1, 0.15) is 42.4 Å². The van der Waals surface area contributed by atoms with E-state index < -0.39 is 0 Å². The van der Waals surface area contributed by atoms with Crippen LogP contribution in [0.15, 0.2) is 36.0 Å². The molecule has 134 valence electrons. The maximum absolute atomic E-state index is 4.93. The van der Waals surface area contributed by atoms with E-state index in [0.717, 1.165) is 36.7 Å². The Labute approximate surface area is 155 Å². The van der Waals surface area contributed by atoms with Gasteiger partial charge in [-0.1, -0.05) is 12.6 Å². The van der Waals surface area contributed by atoms with E-state index >= 15 is 0 Å². The molecule has 4 heteroatoms. The molecule has 3 heterocycles. The zero-order valence-electron chi connectivity index (χ0n) is 15.6. The number of aromatic nitrogens is 2. The lowest BCUT2D eigenvalue weighted by Gasteiger charge is -2.22. The molecule has 0 bridgehead atoms. The van der Waals surface area contributed by atoms with E-state index in [4.69, 9.17) is 4.99 Å². The van der Waals surface area contributed by atoms with Gasteiger partial charge in [0.25, 0.3) is 0 Å². The van der Waals surface area contributed by atoms with Crippen molar-refractivity contribution in [1.29, 1.82) is 0 Å². The number of benzene rings is 1. The number of rotatable bonds is 4. The number of allylic oxidation sites excluding steroid dienone is 1. The zero-order chi connectivity index (χ0) is 18.1. The Hall–Kier alpha value is -2.46. The van der Waals surface area contributed by atoms with Crippen LogP contribution >= 0.6 is 0 Å². The maximum atomic E-state index is 4.93. The molecule has 1 saturated heterocycles. The average Bonchev–Trinajstić information content (AvgIpc) is 3.24. The van der Waals surface area contributed by atoms with E-state index in [0.29, 0.717) is 5.92 Å². The van der Waals surface area contributed by atoms with Gasteiger partial charge in [0.2, 0.25) is 0 Å². The summed E-state index contributed by atoms with van der Waals surface area (Å²) in [4.78, 5) is 9.40. The minimum absolute atomic E-state index is 0.646. The van der Waals surface area contributed by atoms with Crippen molar-refractivity contribution in [1.82, 2.24) is 14.9 Å². The molecule has 2 aliphatic heterocycles. The number of piperidine rings is 1. The van der Waals surface area contributed by atoms with Crippen LogP contribution < -0.4 is 5.32 Å². The molecular weight excluding hydrogens is 320 g/mol. The molecule has 0 spiro atoms. The fourth-order valence-electron chi connectivity index (χ4n) is 3.93. The first-order valence-electron chi connectivity index (χ1n) is 9.42. The Morgan fingerprint density at radius 1 is 1.31 bits per heavy atom. The van der Waals surface area contributed by atoms with Crippen LogP contribution in [0.4, 0.5) is 5.69 Å². The van der Waals surface area contributed by atoms with Crippen LogP contribution in [0.3, 0.4) is 0 Å². The van der Waals surface area contributed by atoms with Gasteiger partial charge in [-0.25, -0.2) is 4.98 Å². The highest BCUT2D eigenvalue weighted by Crippen LogP contribution is 2.33. The predicted molar refractivity (Wildman–Crippen MR) is 110 cm³/mol. The molecular formula is C22H26N4. The fourth-order valence-corrected chi connectivity index (χ4v) is 3.93. The molecule has 1 aromatic heterocycles. The number of aryl methyl sites for hydroxylation is 1. The lowest BCUT2D eigenvalue weighted by molar-refractivity contribution is 0.454. The summed E-state index contributed by atoms with van der Waals surface area (Å²) in [5.74, 6) is 1.52. The Kier molecular flexibility index (Phi) is 4.60. The van der Waals surface area contributed by atoms with Gasteiger partial charge in [-0.15, -0.1) is 0 Å². The molecule has 26 heavy (non-hydrogen) atoms. The highest BCUT2D eigenvalue weighted by molar-refractivity contribution is 5.96. The molecule has 1 fully saturated rings. The van der Waals surface area contributed by atoms with Crippen molar-refractivity contribution >= 4 is 29.2 Å². The molecule has 0 amide bonds. The van der Waals surface area contributed by atoms with Crippen LogP contribution in [0.25, 0.3) is 17.8 Å². The van der Waals surface area contributed by atoms with Gasteiger partial charge in [-0.3, -0.25) is 4.99 Å². The highest BCUT2D eigenvalue weighted by atomic mass is 15.0. The molecule has 0 unspecified atom stereocenters. The fraction of sp³-hybridized carbons (Fsp3) is 0.364. The molecule has 2 aliphatic rings. The normalized spacial score (nSPS) is 17.9. The molecule has 2 aromatic rings. The summed E-state index contributed by atoms with van der Waals surface area (Å²) in [5.41, 5.74) is 7.34. The van der Waals surface area contributed by atoms with Gasteiger partial charge < -0.3 is 9.88 Å². The van der Waals surface area contributed by atoms with Gasteiger partial charge in [-0.05, 0) is 74.7 Å². The smallest absolute Gasteiger partial charge is 0.136 e. The van der Waals surface area contributed by atoms with Crippen molar-refractivity contribution in [2.24, 2.45) is 10.9 Å². The van der Waals surface area contributed by atoms with Crippen molar-refractivity contribution in [3.63, 3.8) is 0 Å². The quantitative estimate of drug-likeness (QED) is 0.887. The highest BCUT2D eigenvalue weighted by Gasteiger charge is 2.24. The number of aliphatic imine (C=N–C) groups is 1. The van der Waals surface area contributed by atoms with Crippen LogP contribution in [0, 0.1) is 12.8 Å². The summed E-state index contributed by atoms with van der Waals surface area (Å²) < 4.78 is 2.04. The predicted octanol–water partition coefficient (Wildman–Crippen LogP) is 4.48. The van der Waals surface area contributed by atoms with Gasteiger partial charge in [0.1, 0.15) is 5.82 Å². The summed E-state index contributed by atoms with van der Waals surface area (Å²) in [6.07, 6.45) is 9.38. The van der Waals surface area contributed by atoms with E-state index in [9.17, 15) is 0 Å². The van der Waals surface area contributed by atoms with E-state index in [1.807, 2.05) is 17.7 Å². The Morgan fingerprint density at radius 3 is 2.88 bits per heavy atom. The number of hydrogen-bond acceptors (Lipinski definition) is 3. The van der Waals surface area contributed by atoms with E-state index in [1.54, 1.807) is 6.08 Å². The molecule has 4 rings (SSSR count). The second-order valence-corrected chi connectivity index (χ2v) is 7.31. The van der Waals surface area contributed by atoms with Gasteiger partial charge >= 0.3 is 0 Å². The minimum atomic E-state index is 0.646.